The molecular formula is C16H24N2O3. The molecule has 21 heavy (non-hydrogen) atoms. The molecule has 1 atom stereocenters. The van der Waals surface area contributed by atoms with Gasteiger partial charge in [-0.3, -0.25) is 4.90 Å². The van der Waals surface area contributed by atoms with Crippen LogP contribution < -0.4 is 9.47 Å². The number of rotatable bonds is 5. The second-order valence-electron chi connectivity index (χ2n) is 5.97. The van der Waals surface area contributed by atoms with Gasteiger partial charge in [0.05, 0.1) is 12.7 Å². The van der Waals surface area contributed by atoms with Crippen LogP contribution in [0.15, 0.2) is 18.2 Å². The van der Waals surface area contributed by atoms with E-state index in [1.165, 1.54) is 5.56 Å². The monoisotopic (exact) mass is 292 g/mol. The third-order valence-corrected chi connectivity index (χ3v) is 3.99. The van der Waals surface area contributed by atoms with Crippen LogP contribution in [0.25, 0.3) is 0 Å². The van der Waals surface area contributed by atoms with Crippen LogP contribution in [-0.4, -0.2) is 63.0 Å². The molecule has 0 aromatic heterocycles. The fraction of sp³-hybridized carbons (Fsp3) is 0.625. The van der Waals surface area contributed by atoms with Gasteiger partial charge in [-0.05, 0) is 26.6 Å². The van der Waals surface area contributed by atoms with E-state index >= 15 is 0 Å². The van der Waals surface area contributed by atoms with Crippen LogP contribution in [0, 0.1) is 0 Å². The van der Waals surface area contributed by atoms with Crippen LogP contribution in [0.2, 0.25) is 0 Å². The molecule has 0 N–H and O–H groups in total. The number of nitrogens with zero attached hydrogens (tertiary/aromatic N) is 2. The maximum absolute atomic E-state index is 5.86. The van der Waals surface area contributed by atoms with Gasteiger partial charge in [0, 0.05) is 31.7 Å². The van der Waals surface area contributed by atoms with E-state index in [-0.39, 0.29) is 0 Å². The van der Waals surface area contributed by atoms with Crippen molar-refractivity contribution in [3.63, 3.8) is 0 Å². The third-order valence-electron chi connectivity index (χ3n) is 3.99. The number of fused-ring (bicyclic) bond motifs is 1. The summed E-state index contributed by atoms with van der Waals surface area (Å²) in [7, 11) is 4.20. The Labute approximate surface area is 126 Å². The normalized spacial score (nSPS) is 22.0. The van der Waals surface area contributed by atoms with Crippen LogP contribution >= 0.6 is 0 Å². The summed E-state index contributed by atoms with van der Waals surface area (Å²) < 4.78 is 16.9. The highest BCUT2D eigenvalue weighted by Crippen LogP contribution is 2.36. The van der Waals surface area contributed by atoms with Gasteiger partial charge in [-0.2, -0.15) is 0 Å². The first-order valence-corrected chi connectivity index (χ1v) is 7.58. The van der Waals surface area contributed by atoms with E-state index in [0.717, 1.165) is 50.7 Å². The van der Waals surface area contributed by atoms with Crippen LogP contribution in [0.4, 0.5) is 0 Å². The van der Waals surface area contributed by atoms with Crippen molar-refractivity contribution in [3.8, 4) is 11.5 Å². The largest absolute Gasteiger partial charge is 0.454 e. The number of morpholine rings is 1. The van der Waals surface area contributed by atoms with E-state index in [4.69, 9.17) is 14.2 Å². The van der Waals surface area contributed by atoms with E-state index in [9.17, 15) is 0 Å². The lowest BCUT2D eigenvalue weighted by molar-refractivity contribution is -0.0371. The third kappa shape index (κ3) is 3.67. The molecule has 2 aliphatic heterocycles. The smallest absolute Gasteiger partial charge is 0.231 e. The summed E-state index contributed by atoms with van der Waals surface area (Å²) in [5.74, 6) is 1.78. The molecule has 5 nitrogen and oxygen atoms in total. The van der Waals surface area contributed by atoms with Crippen molar-refractivity contribution in [3.05, 3.63) is 23.8 Å². The molecule has 3 rings (SSSR count). The van der Waals surface area contributed by atoms with Crippen LogP contribution in [-0.2, 0) is 11.3 Å². The van der Waals surface area contributed by atoms with Gasteiger partial charge in [0.2, 0.25) is 6.79 Å². The molecule has 1 saturated heterocycles. The van der Waals surface area contributed by atoms with Crippen LogP contribution in [0.5, 0.6) is 11.5 Å². The molecule has 0 aliphatic carbocycles. The summed E-state index contributed by atoms with van der Waals surface area (Å²) in [5.41, 5.74) is 1.21. The predicted octanol–water partition coefficient (Wildman–Crippen LogP) is 1.57. The van der Waals surface area contributed by atoms with E-state index < -0.39 is 0 Å². The van der Waals surface area contributed by atoms with Gasteiger partial charge in [-0.25, -0.2) is 0 Å². The fourth-order valence-corrected chi connectivity index (χ4v) is 2.86. The summed E-state index contributed by atoms with van der Waals surface area (Å²) in [4.78, 5) is 4.65. The molecule has 1 aromatic rings. The summed E-state index contributed by atoms with van der Waals surface area (Å²) in [5, 5.41) is 0. The number of para-hydroxylation sites is 1. The van der Waals surface area contributed by atoms with Crippen molar-refractivity contribution in [2.75, 3.05) is 47.1 Å². The average Bonchev–Trinajstić information content (AvgIpc) is 2.95. The lowest BCUT2D eigenvalue weighted by Gasteiger charge is -2.33. The highest BCUT2D eigenvalue weighted by molar-refractivity contribution is 5.48. The Kier molecular flexibility index (Phi) is 4.63. The van der Waals surface area contributed by atoms with E-state index in [2.05, 4.69) is 30.0 Å². The van der Waals surface area contributed by atoms with Gasteiger partial charge in [0.25, 0.3) is 0 Å². The van der Waals surface area contributed by atoms with Crippen molar-refractivity contribution in [2.24, 2.45) is 0 Å². The van der Waals surface area contributed by atoms with Crippen LogP contribution in [0.3, 0.4) is 0 Å². The summed E-state index contributed by atoms with van der Waals surface area (Å²) in [6, 6.07) is 6.12. The lowest BCUT2D eigenvalue weighted by atomic mass is 10.1. The molecule has 116 valence electrons. The van der Waals surface area contributed by atoms with Crippen molar-refractivity contribution in [2.45, 2.75) is 19.1 Å². The molecule has 1 unspecified atom stereocenters. The van der Waals surface area contributed by atoms with Crippen molar-refractivity contribution in [1.29, 1.82) is 0 Å². The summed E-state index contributed by atoms with van der Waals surface area (Å²) in [6.45, 7) is 5.07. The Morgan fingerprint density at radius 3 is 3.05 bits per heavy atom. The second kappa shape index (κ2) is 6.64. The van der Waals surface area contributed by atoms with Crippen molar-refractivity contribution >= 4 is 0 Å². The summed E-state index contributed by atoms with van der Waals surface area (Å²) in [6.07, 6.45) is 1.41. The van der Waals surface area contributed by atoms with Gasteiger partial charge >= 0.3 is 0 Å². The zero-order chi connectivity index (χ0) is 14.7. The van der Waals surface area contributed by atoms with E-state index in [1.54, 1.807) is 0 Å². The topological polar surface area (TPSA) is 34.2 Å². The maximum atomic E-state index is 5.86. The van der Waals surface area contributed by atoms with Gasteiger partial charge in [0.1, 0.15) is 0 Å². The Balaban J connectivity index is 1.59. The first-order chi connectivity index (χ1) is 10.2. The fourth-order valence-electron chi connectivity index (χ4n) is 2.86. The highest BCUT2D eigenvalue weighted by atomic mass is 16.7. The minimum absolute atomic E-state index is 0.329. The molecule has 5 heteroatoms. The van der Waals surface area contributed by atoms with Gasteiger partial charge in [-0.1, -0.05) is 12.1 Å². The minimum atomic E-state index is 0.329. The van der Waals surface area contributed by atoms with Gasteiger partial charge < -0.3 is 19.1 Å². The Hall–Kier alpha value is -1.30. The first kappa shape index (κ1) is 14.6. The SMILES string of the molecule is CN(C)CCC1CN(Cc2cccc3c2OCO3)CCO1. The second-order valence-corrected chi connectivity index (χ2v) is 5.97. The molecule has 0 amide bonds. The zero-order valence-corrected chi connectivity index (χ0v) is 12.9. The average molecular weight is 292 g/mol. The molecule has 1 fully saturated rings. The van der Waals surface area contributed by atoms with Gasteiger partial charge in [-0.15, -0.1) is 0 Å². The number of benzene rings is 1. The quantitative estimate of drug-likeness (QED) is 0.823. The minimum Gasteiger partial charge on any atom is -0.454 e. The molecule has 0 bridgehead atoms. The molecule has 2 aliphatic rings. The predicted molar refractivity (Wildman–Crippen MR) is 80.8 cm³/mol. The molecule has 0 spiro atoms. The number of hydrogen-bond donors (Lipinski definition) is 0. The first-order valence-electron chi connectivity index (χ1n) is 7.58. The maximum Gasteiger partial charge on any atom is 0.231 e. The van der Waals surface area contributed by atoms with E-state index in [0.29, 0.717) is 12.9 Å². The van der Waals surface area contributed by atoms with Crippen molar-refractivity contribution < 1.29 is 14.2 Å². The highest BCUT2D eigenvalue weighted by Gasteiger charge is 2.23. The zero-order valence-electron chi connectivity index (χ0n) is 12.9. The summed E-state index contributed by atoms with van der Waals surface area (Å²) >= 11 is 0. The Morgan fingerprint density at radius 1 is 1.29 bits per heavy atom. The molecule has 1 aromatic carbocycles. The molecule has 2 heterocycles. The standard InChI is InChI=1S/C16H24N2O3/c1-17(2)7-6-14-11-18(8-9-19-14)10-13-4-3-5-15-16(13)21-12-20-15/h3-5,14H,6-12H2,1-2H3. The number of ether oxygens (including phenoxy) is 3. The molecular weight excluding hydrogens is 268 g/mol. The van der Waals surface area contributed by atoms with E-state index in [1.807, 2.05) is 12.1 Å². The van der Waals surface area contributed by atoms with Crippen molar-refractivity contribution in [1.82, 2.24) is 9.80 Å². The number of hydrogen-bond acceptors (Lipinski definition) is 5. The molecule has 0 saturated carbocycles. The van der Waals surface area contributed by atoms with Gasteiger partial charge in [0.15, 0.2) is 11.5 Å². The molecule has 0 radical (unpaired) electrons. The van der Waals surface area contributed by atoms with Crippen LogP contribution in [0.1, 0.15) is 12.0 Å². The Bertz CT molecular complexity index is 479. The lowest BCUT2D eigenvalue weighted by Crippen LogP contribution is -2.42. The Morgan fingerprint density at radius 2 is 2.19 bits per heavy atom.